The van der Waals surface area contributed by atoms with Crippen LogP contribution in [-0.2, 0) is 14.8 Å². The van der Waals surface area contributed by atoms with E-state index in [0.717, 1.165) is 5.56 Å². The molecule has 2 rings (SSSR count). The van der Waals surface area contributed by atoms with Gasteiger partial charge in [-0.1, -0.05) is 17.7 Å². The van der Waals surface area contributed by atoms with Crippen LogP contribution < -0.4 is 15.4 Å². The lowest BCUT2D eigenvalue weighted by atomic mass is 10.2. The highest BCUT2D eigenvalue weighted by atomic mass is 32.2. The molecule has 0 radical (unpaired) electrons. The maximum absolute atomic E-state index is 13.0. The van der Waals surface area contributed by atoms with Gasteiger partial charge in [0.1, 0.15) is 0 Å². The van der Waals surface area contributed by atoms with Gasteiger partial charge in [0, 0.05) is 19.5 Å². The largest absolute Gasteiger partial charge is 0.353 e. The first-order valence-electron chi connectivity index (χ1n) is 7.15. The third-order valence-electron chi connectivity index (χ3n) is 3.47. The van der Waals surface area contributed by atoms with Gasteiger partial charge in [-0.3, -0.25) is 10.1 Å². The molecule has 0 aromatic heterocycles. The van der Waals surface area contributed by atoms with Crippen LogP contribution in [0.1, 0.15) is 12.0 Å². The van der Waals surface area contributed by atoms with Crippen molar-refractivity contribution in [3.8, 4) is 0 Å². The number of benzene rings is 1. The Morgan fingerprint density at radius 1 is 1.30 bits per heavy atom. The fourth-order valence-corrected chi connectivity index (χ4v) is 3.23. The molecule has 1 aromatic carbocycles. The van der Waals surface area contributed by atoms with Gasteiger partial charge in [0.15, 0.2) is 0 Å². The number of hydrogen-bond donors (Lipinski definition) is 3. The van der Waals surface area contributed by atoms with Crippen molar-refractivity contribution in [3.63, 3.8) is 0 Å². The lowest BCUT2D eigenvalue weighted by molar-refractivity contribution is -0.123. The smallest absolute Gasteiger partial charge is 0.262 e. The third kappa shape index (κ3) is 4.95. The van der Waals surface area contributed by atoms with Crippen molar-refractivity contribution < 1.29 is 22.0 Å². The molecule has 1 amide bonds. The molecule has 1 unspecified atom stereocenters. The predicted octanol–water partition coefficient (Wildman–Crippen LogP) is 0.387. The number of hydrogen-bond acceptors (Lipinski definition) is 4. The molecule has 1 saturated heterocycles. The SMILES string of the molecule is Cc1ccc(S(=O)(=O)NCCNC(=O)C2CC(F)(F)CN2)cc1. The summed E-state index contributed by atoms with van der Waals surface area (Å²) >= 11 is 0. The number of sulfonamides is 1. The second-order valence-corrected chi connectivity index (χ2v) is 7.26. The number of halogens is 2. The molecule has 128 valence electrons. The molecule has 3 N–H and O–H groups in total. The second-order valence-electron chi connectivity index (χ2n) is 5.50. The second kappa shape index (κ2) is 6.90. The van der Waals surface area contributed by atoms with Crippen LogP contribution in [0.15, 0.2) is 29.2 Å². The average Bonchev–Trinajstić information content (AvgIpc) is 2.84. The lowest BCUT2D eigenvalue weighted by Crippen LogP contribution is -2.43. The van der Waals surface area contributed by atoms with Gasteiger partial charge < -0.3 is 5.32 Å². The van der Waals surface area contributed by atoms with E-state index in [1.807, 2.05) is 6.92 Å². The Morgan fingerprint density at radius 3 is 2.52 bits per heavy atom. The quantitative estimate of drug-likeness (QED) is 0.650. The number of carbonyl (C=O) groups is 1. The molecule has 1 heterocycles. The Balaban J connectivity index is 1.77. The van der Waals surface area contributed by atoms with E-state index in [1.54, 1.807) is 12.1 Å². The summed E-state index contributed by atoms with van der Waals surface area (Å²) in [6, 6.07) is 5.39. The molecular formula is C14H19F2N3O3S. The fourth-order valence-electron chi connectivity index (χ4n) is 2.20. The first-order chi connectivity index (χ1) is 10.7. The van der Waals surface area contributed by atoms with Crippen LogP contribution in [0, 0.1) is 6.92 Å². The van der Waals surface area contributed by atoms with E-state index in [0.29, 0.717) is 0 Å². The van der Waals surface area contributed by atoms with E-state index < -0.39 is 40.9 Å². The van der Waals surface area contributed by atoms with Crippen molar-refractivity contribution in [2.45, 2.75) is 30.2 Å². The zero-order valence-corrected chi connectivity index (χ0v) is 13.4. The zero-order valence-electron chi connectivity index (χ0n) is 12.6. The summed E-state index contributed by atoms with van der Waals surface area (Å²) in [6.45, 7) is 1.32. The average molecular weight is 347 g/mol. The monoisotopic (exact) mass is 347 g/mol. The summed E-state index contributed by atoms with van der Waals surface area (Å²) in [5.41, 5.74) is 0.942. The van der Waals surface area contributed by atoms with Crippen LogP contribution in [0.3, 0.4) is 0 Å². The standard InChI is InChI=1S/C14H19F2N3O3S/c1-10-2-4-11(5-3-10)23(21,22)19-7-6-17-13(20)12-8-14(15,16)9-18-12/h2-5,12,18-19H,6-9H2,1H3,(H,17,20). The molecule has 0 aliphatic carbocycles. The lowest BCUT2D eigenvalue weighted by Gasteiger charge is -2.12. The minimum atomic E-state index is -3.65. The van der Waals surface area contributed by atoms with Crippen molar-refractivity contribution in [1.82, 2.24) is 15.4 Å². The minimum Gasteiger partial charge on any atom is -0.353 e. The van der Waals surface area contributed by atoms with E-state index in [4.69, 9.17) is 0 Å². The number of amides is 1. The Labute approximate surface area is 133 Å². The van der Waals surface area contributed by atoms with Crippen LogP contribution in [0.2, 0.25) is 0 Å². The highest BCUT2D eigenvalue weighted by Gasteiger charge is 2.42. The number of aryl methyl sites for hydroxylation is 1. The van der Waals surface area contributed by atoms with Crippen LogP contribution in [0.25, 0.3) is 0 Å². The van der Waals surface area contributed by atoms with Crippen LogP contribution >= 0.6 is 0 Å². The Morgan fingerprint density at radius 2 is 1.96 bits per heavy atom. The van der Waals surface area contributed by atoms with E-state index in [-0.39, 0.29) is 18.0 Å². The number of nitrogens with one attached hydrogen (secondary N) is 3. The normalized spacial score (nSPS) is 20.4. The summed E-state index contributed by atoms with van der Waals surface area (Å²) in [4.78, 5) is 11.8. The Kier molecular flexibility index (Phi) is 5.33. The molecule has 0 spiro atoms. The molecule has 1 atom stereocenters. The number of alkyl halides is 2. The summed E-state index contributed by atoms with van der Waals surface area (Å²) in [5.74, 6) is -3.44. The summed E-state index contributed by atoms with van der Waals surface area (Å²) in [6.07, 6.45) is -0.548. The molecular weight excluding hydrogens is 328 g/mol. The van der Waals surface area contributed by atoms with Gasteiger partial charge in [-0.05, 0) is 19.1 Å². The third-order valence-corrected chi connectivity index (χ3v) is 4.95. The van der Waals surface area contributed by atoms with Gasteiger partial charge in [-0.15, -0.1) is 0 Å². The molecule has 0 bridgehead atoms. The molecule has 1 aliphatic rings. The van der Waals surface area contributed by atoms with Crippen molar-refractivity contribution in [2.24, 2.45) is 0 Å². The summed E-state index contributed by atoms with van der Waals surface area (Å²) in [5, 5.41) is 4.87. The number of carbonyl (C=O) groups excluding carboxylic acids is 1. The van der Waals surface area contributed by atoms with E-state index >= 15 is 0 Å². The Bertz CT molecular complexity index is 662. The van der Waals surface area contributed by atoms with Gasteiger partial charge in [0.25, 0.3) is 5.92 Å². The molecule has 0 saturated carbocycles. The van der Waals surface area contributed by atoms with Crippen LogP contribution in [0.4, 0.5) is 8.78 Å². The van der Waals surface area contributed by atoms with E-state index in [1.165, 1.54) is 12.1 Å². The van der Waals surface area contributed by atoms with Gasteiger partial charge >= 0.3 is 0 Å². The first-order valence-corrected chi connectivity index (χ1v) is 8.63. The maximum Gasteiger partial charge on any atom is 0.262 e. The van der Waals surface area contributed by atoms with Crippen LogP contribution in [-0.4, -0.2) is 45.9 Å². The van der Waals surface area contributed by atoms with Crippen molar-refractivity contribution in [1.29, 1.82) is 0 Å². The number of rotatable bonds is 6. The summed E-state index contributed by atoms with van der Waals surface area (Å²) in [7, 11) is -3.65. The molecule has 23 heavy (non-hydrogen) atoms. The maximum atomic E-state index is 13.0. The zero-order chi connectivity index (χ0) is 17.1. The van der Waals surface area contributed by atoms with E-state index in [9.17, 15) is 22.0 Å². The molecule has 1 aromatic rings. The summed E-state index contributed by atoms with van der Waals surface area (Å²) < 4.78 is 52.3. The molecule has 9 heteroatoms. The predicted molar refractivity (Wildman–Crippen MR) is 80.7 cm³/mol. The molecule has 6 nitrogen and oxygen atoms in total. The topological polar surface area (TPSA) is 87.3 Å². The van der Waals surface area contributed by atoms with Gasteiger partial charge in [0.05, 0.1) is 17.5 Å². The van der Waals surface area contributed by atoms with Gasteiger partial charge in [-0.2, -0.15) is 0 Å². The molecule has 1 fully saturated rings. The first kappa shape index (κ1) is 17.8. The van der Waals surface area contributed by atoms with Gasteiger partial charge in [-0.25, -0.2) is 21.9 Å². The van der Waals surface area contributed by atoms with Crippen molar-refractivity contribution in [2.75, 3.05) is 19.6 Å². The van der Waals surface area contributed by atoms with E-state index in [2.05, 4.69) is 15.4 Å². The Hall–Kier alpha value is -1.58. The fraction of sp³-hybridized carbons (Fsp3) is 0.500. The molecule has 1 aliphatic heterocycles. The van der Waals surface area contributed by atoms with Crippen LogP contribution in [0.5, 0.6) is 0 Å². The van der Waals surface area contributed by atoms with Gasteiger partial charge in [0.2, 0.25) is 15.9 Å². The highest BCUT2D eigenvalue weighted by molar-refractivity contribution is 7.89. The van der Waals surface area contributed by atoms with Crippen molar-refractivity contribution in [3.05, 3.63) is 29.8 Å². The van der Waals surface area contributed by atoms with Crippen molar-refractivity contribution >= 4 is 15.9 Å². The minimum absolute atomic E-state index is 0.0215. The highest BCUT2D eigenvalue weighted by Crippen LogP contribution is 2.24.